The lowest BCUT2D eigenvalue weighted by Gasteiger charge is -2.34. The lowest BCUT2D eigenvalue weighted by atomic mass is 9.90. The van der Waals surface area contributed by atoms with Gasteiger partial charge in [0, 0.05) is 11.5 Å². The first-order chi connectivity index (χ1) is 7.46. The van der Waals surface area contributed by atoms with Gasteiger partial charge >= 0.3 is 0 Å². The third-order valence-electron chi connectivity index (χ3n) is 2.10. The molecular formula is C11H20ClNO4S. The van der Waals surface area contributed by atoms with Gasteiger partial charge in [0.2, 0.25) is 0 Å². The number of hydrogen-bond donors (Lipinski definition) is 1. The molecule has 0 spiro atoms. The molecule has 0 amide bonds. The minimum absolute atomic E-state index is 0. The van der Waals surface area contributed by atoms with Gasteiger partial charge in [-0.25, -0.2) is 0 Å². The largest absolute Gasteiger partial charge is 0.742 e. The summed E-state index contributed by atoms with van der Waals surface area (Å²) < 4.78 is 0.294. The van der Waals surface area contributed by atoms with E-state index in [4.69, 9.17) is 0 Å². The Labute approximate surface area is 119 Å². The van der Waals surface area contributed by atoms with E-state index in [1.807, 2.05) is 0 Å². The van der Waals surface area contributed by atoms with Crippen molar-refractivity contribution in [3.8, 4) is 0 Å². The van der Waals surface area contributed by atoms with Crippen molar-refractivity contribution >= 4 is 41.7 Å². The number of carbonyl (C=O) groups excluding carboxylic acids is 3. The maximum atomic E-state index is 11.8. The fourth-order valence-corrected chi connectivity index (χ4v) is 1.90. The first-order valence-corrected chi connectivity index (χ1v) is 5.62. The fourth-order valence-electron chi connectivity index (χ4n) is 1.66. The molecule has 1 unspecified atom stereocenters. The van der Waals surface area contributed by atoms with Crippen molar-refractivity contribution < 1.29 is 24.0 Å². The number of halogens is 1. The summed E-state index contributed by atoms with van der Waals surface area (Å²) in [6, 6.07) is 0. The molecule has 0 aromatic rings. The van der Waals surface area contributed by atoms with Gasteiger partial charge in [-0.3, -0.25) is 9.59 Å². The van der Waals surface area contributed by atoms with Gasteiger partial charge in [-0.2, -0.15) is 0 Å². The zero-order valence-corrected chi connectivity index (χ0v) is 12.7. The molecule has 0 aromatic heterocycles. The predicted molar refractivity (Wildman–Crippen MR) is 72.4 cm³/mol. The molecule has 1 atom stereocenters. The number of Topliss-reactive ketones (excluding diaryl/α,β-unsaturated/α-hetero) is 2. The molecule has 0 aliphatic rings. The van der Waals surface area contributed by atoms with Crippen molar-refractivity contribution in [1.82, 2.24) is 0 Å². The Kier molecular flexibility index (Phi) is 7.84. The molecule has 0 saturated carbocycles. The Bertz CT molecular complexity index is 340. The number of rotatable bonds is 7. The van der Waals surface area contributed by atoms with Crippen molar-refractivity contribution in [1.29, 1.82) is 0 Å². The molecular weight excluding hydrogens is 278 g/mol. The van der Waals surface area contributed by atoms with Crippen LogP contribution in [-0.4, -0.2) is 59.6 Å². The van der Waals surface area contributed by atoms with E-state index in [2.05, 4.69) is 12.6 Å². The van der Waals surface area contributed by atoms with E-state index in [9.17, 15) is 19.5 Å². The molecule has 18 heavy (non-hydrogen) atoms. The lowest BCUT2D eigenvalue weighted by Crippen LogP contribution is -2.55. The zero-order chi connectivity index (χ0) is 13.9. The highest BCUT2D eigenvalue weighted by molar-refractivity contribution is 7.77. The minimum atomic E-state index is -1.84. The van der Waals surface area contributed by atoms with E-state index >= 15 is 0 Å². The van der Waals surface area contributed by atoms with Crippen LogP contribution in [0.4, 0.5) is 0 Å². The molecule has 106 valence electrons. The van der Waals surface area contributed by atoms with Crippen LogP contribution in [0, 0.1) is 0 Å². The van der Waals surface area contributed by atoms with Gasteiger partial charge in [-0.15, -0.1) is 12.4 Å². The Hall–Kier alpha value is -0.560. The van der Waals surface area contributed by atoms with Gasteiger partial charge in [0.05, 0.1) is 27.6 Å². The van der Waals surface area contributed by atoms with Crippen LogP contribution in [0.2, 0.25) is 0 Å². The summed E-state index contributed by atoms with van der Waals surface area (Å²) in [5.41, 5.74) is -1.84. The normalized spacial score (nSPS) is 14.3. The molecule has 0 heterocycles. The summed E-state index contributed by atoms with van der Waals surface area (Å²) in [5.74, 6) is -0.983. The monoisotopic (exact) mass is 297 g/mol. The number of quaternary nitrogens is 1. The van der Waals surface area contributed by atoms with Crippen LogP contribution >= 0.6 is 12.4 Å². The number of likely N-dealkylation sites (N-methyl/N-ethyl adjacent to an activating group) is 1. The van der Waals surface area contributed by atoms with E-state index in [-0.39, 0.29) is 31.2 Å². The maximum Gasteiger partial charge on any atom is 0.177 e. The first-order valence-electron chi connectivity index (χ1n) is 5.22. The Morgan fingerprint density at radius 2 is 1.67 bits per heavy atom. The van der Waals surface area contributed by atoms with Gasteiger partial charge in [-0.1, -0.05) is 0 Å². The smallest absolute Gasteiger partial charge is 0.177 e. The zero-order valence-electron chi connectivity index (χ0n) is 11.1. The Morgan fingerprint density at radius 3 is 1.94 bits per heavy atom. The van der Waals surface area contributed by atoms with Crippen molar-refractivity contribution in [2.75, 3.05) is 27.7 Å². The fraction of sp³-hybridized carbons (Fsp3) is 0.727. The predicted octanol–water partition coefficient (Wildman–Crippen LogP) is -0.143. The molecule has 0 rings (SSSR count). The average molecular weight is 298 g/mol. The van der Waals surface area contributed by atoms with Crippen LogP contribution in [-0.2, 0) is 27.0 Å². The molecule has 0 radical (unpaired) electrons. The summed E-state index contributed by atoms with van der Waals surface area (Å²) in [4.78, 5) is 33.7. The number of aliphatic hydroxyl groups is 1. The molecule has 5 nitrogen and oxygen atoms in total. The number of carbonyl (C=O) groups is 3. The van der Waals surface area contributed by atoms with E-state index in [1.165, 1.54) is 6.92 Å². The highest BCUT2D eigenvalue weighted by atomic mass is 35.5. The van der Waals surface area contributed by atoms with Crippen LogP contribution in [0.5, 0.6) is 0 Å². The standard InChI is InChI=1S/C11H19NO4S.ClH/c1-8(13)5-9(14)11(16,6-10(15)17)7-12(2,3)4;/h16H,5-7H2,1-4H3;1H. The van der Waals surface area contributed by atoms with Gasteiger partial charge in [0.15, 0.2) is 11.4 Å². The molecule has 0 bridgehead atoms. The second-order valence-electron chi connectivity index (χ2n) is 5.33. The summed E-state index contributed by atoms with van der Waals surface area (Å²) in [5, 5.41) is 9.55. The highest BCUT2D eigenvalue weighted by Gasteiger charge is 2.41. The summed E-state index contributed by atoms with van der Waals surface area (Å²) in [7, 11) is 5.33. The van der Waals surface area contributed by atoms with Crippen LogP contribution in [0.3, 0.4) is 0 Å². The third-order valence-corrected chi connectivity index (χ3v) is 2.25. The summed E-state index contributed by atoms with van der Waals surface area (Å²) >= 11 is 4.41. The number of hydrogen-bond acceptors (Lipinski definition) is 5. The summed E-state index contributed by atoms with van der Waals surface area (Å²) in [6.07, 6.45) is -0.802. The van der Waals surface area contributed by atoms with E-state index < -0.39 is 22.9 Å². The average Bonchev–Trinajstić information content (AvgIpc) is 1.96. The van der Waals surface area contributed by atoms with Crippen molar-refractivity contribution in [3.05, 3.63) is 0 Å². The SMILES string of the molecule is CC(=O)CC(=O)C(O)(CC(=O)[S-])C[N+](C)(C)C.Cl. The topological polar surface area (TPSA) is 71.4 Å². The van der Waals surface area contributed by atoms with E-state index in [0.717, 1.165) is 0 Å². The van der Waals surface area contributed by atoms with E-state index in [1.54, 1.807) is 21.1 Å². The van der Waals surface area contributed by atoms with Crippen molar-refractivity contribution in [3.63, 3.8) is 0 Å². The first kappa shape index (κ1) is 19.8. The Balaban J connectivity index is 0. The molecule has 0 aliphatic carbocycles. The van der Waals surface area contributed by atoms with Crippen LogP contribution in [0.25, 0.3) is 0 Å². The lowest BCUT2D eigenvalue weighted by molar-refractivity contribution is -0.875. The van der Waals surface area contributed by atoms with Crippen molar-refractivity contribution in [2.45, 2.75) is 25.4 Å². The second kappa shape index (κ2) is 7.13. The molecule has 0 saturated heterocycles. The van der Waals surface area contributed by atoms with Crippen LogP contribution in [0.15, 0.2) is 0 Å². The van der Waals surface area contributed by atoms with Gasteiger partial charge < -0.3 is 27.0 Å². The van der Waals surface area contributed by atoms with Crippen molar-refractivity contribution in [2.24, 2.45) is 0 Å². The maximum absolute atomic E-state index is 11.8. The van der Waals surface area contributed by atoms with Gasteiger partial charge in [-0.05, 0) is 6.92 Å². The molecule has 7 heteroatoms. The molecule has 1 N–H and O–H groups in total. The Morgan fingerprint density at radius 1 is 1.22 bits per heavy atom. The third kappa shape index (κ3) is 7.71. The highest BCUT2D eigenvalue weighted by Crippen LogP contribution is 2.18. The quantitative estimate of drug-likeness (QED) is 0.402. The van der Waals surface area contributed by atoms with E-state index in [0.29, 0.717) is 4.48 Å². The van der Waals surface area contributed by atoms with Crippen LogP contribution in [0.1, 0.15) is 19.8 Å². The second-order valence-corrected chi connectivity index (χ2v) is 5.79. The van der Waals surface area contributed by atoms with Gasteiger partial charge in [0.25, 0.3) is 0 Å². The minimum Gasteiger partial charge on any atom is -0.742 e. The number of ketones is 2. The molecule has 0 aromatic carbocycles. The van der Waals surface area contributed by atoms with Crippen LogP contribution < -0.4 is 0 Å². The molecule has 0 aliphatic heterocycles. The molecule has 0 fully saturated rings. The number of nitrogens with zero attached hydrogens (tertiary/aromatic N) is 1. The van der Waals surface area contributed by atoms with Gasteiger partial charge in [0.1, 0.15) is 12.3 Å². The summed E-state index contributed by atoms with van der Waals surface area (Å²) in [6.45, 7) is 1.31.